The normalized spacial score (nSPS) is 13.3. The topological polar surface area (TPSA) is 146 Å². The minimum Gasteiger partial charge on any atom is -0.488 e. The van der Waals surface area contributed by atoms with E-state index in [0.717, 1.165) is 28.0 Å². The van der Waals surface area contributed by atoms with Crippen LogP contribution in [0.15, 0.2) is 67.0 Å². The number of rotatable bonds is 15. The Balaban J connectivity index is 1.37. The lowest BCUT2D eigenvalue weighted by molar-refractivity contribution is -0.146. The van der Waals surface area contributed by atoms with E-state index in [9.17, 15) is 19.8 Å². The molecule has 0 saturated heterocycles. The predicted molar refractivity (Wildman–Crippen MR) is 182 cm³/mol. The molecule has 0 bridgehead atoms. The maximum absolute atomic E-state index is 12.0. The molecule has 11 nitrogen and oxygen atoms in total. The number of halogens is 1. The zero-order valence-corrected chi connectivity index (χ0v) is 28.3. The number of carbonyl (C=O) groups is 2. The number of esters is 1. The lowest BCUT2D eigenvalue weighted by Crippen LogP contribution is -2.52. The molecule has 4 aromatic rings. The van der Waals surface area contributed by atoms with Gasteiger partial charge in [0.25, 0.3) is 0 Å². The Morgan fingerprint density at radius 1 is 0.959 bits per heavy atom. The summed E-state index contributed by atoms with van der Waals surface area (Å²) in [5.74, 6) is 0.623. The summed E-state index contributed by atoms with van der Waals surface area (Å²) in [5, 5.41) is 22.6. The maximum Gasteiger partial charge on any atom is 0.326 e. The van der Waals surface area contributed by atoms with Crippen LogP contribution >= 0.6 is 11.6 Å². The molecule has 0 amide bonds. The zero-order chi connectivity index (χ0) is 35.0. The van der Waals surface area contributed by atoms with Crippen LogP contribution in [0.2, 0.25) is 5.02 Å². The van der Waals surface area contributed by atoms with Crippen molar-refractivity contribution in [3.05, 3.63) is 99.8 Å². The van der Waals surface area contributed by atoms with E-state index in [4.69, 9.17) is 35.3 Å². The van der Waals surface area contributed by atoms with Gasteiger partial charge in [0.15, 0.2) is 11.5 Å². The molecule has 5 rings (SSSR count). The van der Waals surface area contributed by atoms with E-state index in [1.54, 1.807) is 37.5 Å². The van der Waals surface area contributed by atoms with Crippen molar-refractivity contribution in [1.29, 1.82) is 0 Å². The summed E-state index contributed by atoms with van der Waals surface area (Å²) in [6, 6.07) is 17.0. The van der Waals surface area contributed by atoms with Crippen LogP contribution in [-0.4, -0.2) is 59.1 Å². The van der Waals surface area contributed by atoms with E-state index in [1.807, 2.05) is 43.3 Å². The van der Waals surface area contributed by atoms with Crippen LogP contribution in [0.25, 0.3) is 11.1 Å². The first-order valence-electron chi connectivity index (χ1n) is 15.8. The van der Waals surface area contributed by atoms with Crippen molar-refractivity contribution in [2.45, 2.75) is 52.5 Å². The van der Waals surface area contributed by atoms with Crippen molar-refractivity contribution >= 4 is 23.5 Å². The molecule has 0 unspecified atom stereocenters. The molecule has 3 N–H and O–H groups in total. The van der Waals surface area contributed by atoms with Gasteiger partial charge in [-0.2, -0.15) is 0 Å². The van der Waals surface area contributed by atoms with Crippen molar-refractivity contribution in [2.75, 3.05) is 26.4 Å². The number of aliphatic hydroxyl groups is 1. The smallest absolute Gasteiger partial charge is 0.326 e. The first-order valence-corrected chi connectivity index (χ1v) is 16.2. The molecule has 49 heavy (non-hydrogen) atoms. The summed E-state index contributed by atoms with van der Waals surface area (Å²) < 4.78 is 29.0. The lowest BCUT2D eigenvalue weighted by Gasteiger charge is -2.25. The molecule has 1 atom stereocenters. The number of ether oxygens (including phenoxy) is 5. The third-order valence-electron chi connectivity index (χ3n) is 8.15. The van der Waals surface area contributed by atoms with E-state index in [2.05, 4.69) is 10.3 Å². The molecule has 12 heteroatoms. The highest BCUT2D eigenvalue weighted by Gasteiger charge is 2.32. The van der Waals surface area contributed by atoms with Crippen molar-refractivity contribution < 1.29 is 43.5 Å². The van der Waals surface area contributed by atoms with E-state index < -0.39 is 18.1 Å². The number of carbonyl (C=O) groups excluding carboxylic acids is 1. The highest BCUT2D eigenvalue weighted by Crippen LogP contribution is 2.37. The average molecular weight is 691 g/mol. The molecule has 1 aliphatic rings. The van der Waals surface area contributed by atoms with E-state index >= 15 is 0 Å². The number of carboxylic acid groups (broad SMARTS) is 1. The molecule has 0 spiro atoms. The number of nitrogens with one attached hydrogen (secondary N) is 1. The molecule has 258 valence electrons. The predicted octanol–water partition coefficient (Wildman–Crippen LogP) is 5.67. The number of nitrogens with zero attached hydrogens (tertiary/aromatic N) is 1. The van der Waals surface area contributed by atoms with Crippen LogP contribution in [0.1, 0.15) is 41.7 Å². The maximum atomic E-state index is 12.0. The SMILES string of the molecule is CCOC(=O)Cc1cncc(COc2cc(OCc3cccc(-c4ccc5c(c4)OCCO5)c3C)c(Cl)cc2CN[C@@](C)(CO)C(=O)O)c1. The molecule has 0 fully saturated rings. The largest absolute Gasteiger partial charge is 0.488 e. The first kappa shape index (κ1) is 35.5. The van der Waals surface area contributed by atoms with Crippen molar-refractivity contribution in [1.82, 2.24) is 10.3 Å². The molecule has 0 saturated carbocycles. The molecule has 0 radical (unpaired) electrons. The van der Waals surface area contributed by atoms with Gasteiger partial charge in [-0.05, 0) is 72.9 Å². The fourth-order valence-corrected chi connectivity index (χ4v) is 5.47. The third kappa shape index (κ3) is 8.80. The Kier molecular flexibility index (Phi) is 11.6. The van der Waals surface area contributed by atoms with Gasteiger partial charge in [-0.25, -0.2) is 0 Å². The van der Waals surface area contributed by atoms with Gasteiger partial charge in [0.1, 0.15) is 43.5 Å². The Labute approximate surface area is 289 Å². The van der Waals surface area contributed by atoms with Gasteiger partial charge in [0.2, 0.25) is 0 Å². The highest BCUT2D eigenvalue weighted by molar-refractivity contribution is 6.32. The third-order valence-corrected chi connectivity index (χ3v) is 8.45. The van der Waals surface area contributed by atoms with E-state index in [0.29, 0.717) is 52.2 Å². The quantitative estimate of drug-likeness (QED) is 0.133. The van der Waals surface area contributed by atoms with Crippen LogP contribution in [0, 0.1) is 6.92 Å². The molecule has 2 heterocycles. The number of pyridine rings is 1. The minimum atomic E-state index is -1.59. The average Bonchev–Trinajstić information content (AvgIpc) is 3.10. The molecular weight excluding hydrogens is 652 g/mol. The fraction of sp³-hybridized carbons (Fsp3) is 0.324. The van der Waals surface area contributed by atoms with Gasteiger partial charge in [0.05, 0.1) is 24.7 Å². The van der Waals surface area contributed by atoms with Crippen LogP contribution in [0.5, 0.6) is 23.0 Å². The Morgan fingerprint density at radius 2 is 1.71 bits per heavy atom. The molecular formula is C37H39ClN2O9. The number of benzene rings is 3. The number of aliphatic carboxylic acids is 1. The van der Waals surface area contributed by atoms with Gasteiger partial charge in [0, 0.05) is 36.1 Å². The fourth-order valence-electron chi connectivity index (χ4n) is 5.22. The monoisotopic (exact) mass is 690 g/mol. The summed E-state index contributed by atoms with van der Waals surface area (Å²) in [4.78, 5) is 28.0. The number of aliphatic hydroxyl groups excluding tert-OH is 1. The van der Waals surface area contributed by atoms with Gasteiger partial charge in [-0.15, -0.1) is 0 Å². The van der Waals surface area contributed by atoms with Crippen LogP contribution < -0.4 is 24.3 Å². The van der Waals surface area contributed by atoms with Crippen molar-refractivity contribution in [2.24, 2.45) is 0 Å². The molecule has 3 aromatic carbocycles. The number of hydrogen-bond acceptors (Lipinski definition) is 10. The van der Waals surface area contributed by atoms with E-state index in [1.165, 1.54) is 6.92 Å². The van der Waals surface area contributed by atoms with E-state index in [-0.39, 0.29) is 38.8 Å². The lowest BCUT2D eigenvalue weighted by atomic mass is 9.96. The van der Waals surface area contributed by atoms with Crippen molar-refractivity contribution in [3.63, 3.8) is 0 Å². The number of hydrogen-bond donors (Lipinski definition) is 3. The Hall–Kier alpha value is -4.84. The Morgan fingerprint density at radius 3 is 2.47 bits per heavy atom. The summed E-state index contributed by atoms with van der Waals surface area (Å²) in [6.45, 7) is 6.17. The summed E-state index contributed by atoms with van der Waals surface area (Å²) in [7, 11) is 0. The van der Waals surface area contributed by atoms with Crippen LogP contribution in [0.4, 0.5) is 0 Å². The standard InChI is InChI=1S/C37H39ClN2O9/c1-4-45-35(42)13-24-12-25(18-39-17-24)20-48-32-16-33(30(38)14-28(32)19-40-37(3,22-41)36(43)44)49-21-27-6-5-7-29(23(27)2)26-8-9-31-34(15-26)47-11-10-46-31/h5-9,12,14-18,40-41H,4,10-11,13,19-22H2,1-3H3,(H,43,44)/t37-/m0/s1. The minimum absolute atomic E-state index is 0.0243. The molecule has 0 aliphatic carbocycles. The van der Waals surface area contributed by atoms with Gasteiger partial charge < -0.3 is 33.9 Å². The van der Waals surface area contributed by atoms with Crippen LogP contribution in [0.3, 0.4) is 0 Å². The molecule has 1 aromatic heterocycles. The van der Waals surface area contributed by atoms with Gasteiger partial charge in [-0.1, -0.05) is 35.9 Å². The number of carboxylic acids is 1. The molecule has 1 aliphatic heterocycles. The van der Waals surface area contributed by atoms with Gasteiger partial charge >= 0.3 is 11.9 Å². The number of fused-ring (bicyclic) bond motifs is 1. The second-order valence-electron chi connectivity index (χ2n) is 11.7. The zero-order valence-electron chi connectivity index (χ0n) is 27.6. The first-order chi connectivity index (χ1) is 23.6. The van der Waals surface area contributed by atoms with Crippen molar-refractivity contribution in [3.8, 4) is 34.1 Å². The summed E-state index contributed by atoms with van der Waals surface area (Å²) in [5.41, 5.74) is 4.33. The number of aromatic nitrogens is 1. The Bertz CT molecular complexity index is 1820. The second-order valence-corrected chi connectivity index (χ2v) is 12.2. The van der Waals surface area contributed by atoms with Gasteiger partial charge in [-0.3, -0.25) is 19.9 Å². The second kappa shape index (κ2) is 16.0. The summed E-state index contributed by atoms with van der Waals surface area (Å²) in [6.07, 6.45) is 3.30. The van der Waals surface area contributed by atoms with Crippen LogP contribution in [-0.2, 0) is 40.5 Å². The highest BCUT2D eigenvalue weighted by atomic mass is 35.5. The summed E-state index contributed by atoms with van der Waals surface area (Å²) >= 11 is 6.71.